The number of carboxylic acid groups (broad SMARTS) is 1. The minimum Gasteiger partial charge on any atom is -0.478 e. The van der Waals surface area contributed by atoms with Crippen LogP contribution in [0, 0.1) is 6.92 Å². The Kier molecular flexibility index (Phi) is 6.91. The van der Waals surface area contributed by atoms with Crippen molar-refractivity contribution in [2.75, 3.05) is 4.72 Å². The van der Waals surface area contributed by atoms with Gasteiger partial charge in [0, 0.05) is 22.4 Å². The summed E-state index contributed by atoms with van der Waals surface area (Å²) >= 11 is 6.05. The third-order valence-electron chi connectivity index (χ3n) is 5.63. The highest BCUT2D eigenvalue weighted by molar-refractivity contribution is 7.92. The second-order valence-electron chi connectivity index (χ2n) is 8.20. The van der Waals surface area contributed by atoms with E-state index in [1.54, 1.807) is 61.5 Å². The van der Waals surface area contributed by atoms with Crippen molar-refractivity contribution < 1.29 is 23.1 Å². The molecule has 0 aromatic heterocycles. The number of hydrogen-bond acceptors (Lipinski definition) is 4. The minimum atomic E-state index is -3.90. The van der Waals surface area contributed by atoms with E-state index in [1.807, 2.05) is 0 Å². The molecule has 0 amide bonds. The van der Waals surface area contributed by atoms with Crippen molar-refractivity contribution in [1.82, 2.24) is 0 Å². The normalized spacial score (nSPS) is 11.4. The van der Waals surface area contributed by atoms with Crippen molar-refractivity contribution in [2.24, 2.45) is 0 Å². The number of halogens is 1. The summed E-state index contributed by atoms with van der Waals surface area (Å²) in [6.45, 7) is 1.77. The highest BCUT2D eigenvalue weighted by Gasteiger charge is 2.18. The first kappa shape index (κ1) is 24.4. The van der Waals surface area contributed by atoms with Crippen LogP contribution in [-0.4, -0.2) is 25.3 Å². The lowest BCUT2D eigenvalue weighted by Gasteiger charge is -2.13. The largest absolute Gasteiger partial charge is 0.478 e. The molecular weight excluding hydrogens is 486 g/mol. The van der Waals surface area contributed by atoms with Crippen LogP contribution in [0.2, 0.25) is 5.02 Å². The lowest BCUT2D eigenvalue weighted by atomic mass is 9.96. The first-order valence-electron chi connectivity index (χ1n) is 10.8. The maximum Gasteiger partial charge on any atom is 0.335 e. The van der Waals surface area contributed by atoms with Gasteiger partial charge in [-0.05, 0) is 66.3 Å². The van der Waals surface area contributed by atoms with E-state index < -0.39 is 16.0 Å². The highest BCUT2D eigenvalue weighted by Crippen LogP contribution is 2.30. The molecular formula is C27H22ClNO5S. The molecule has 8 heteroatoms. The van der Waals surface area contributed by atoms with Gasteiger partial charge in [0.15, 0.2) is 5.78 Å². The number of aromatic carboxylic acids is 1. The molecule has 0 unspecified atom stereocenters. The molecule has 0 saturated carbocycles. The van der Waals surface area contributed by atoms with Crippen molar-refractivity contribution in [3.63, 3.8) is 0 Å². The number of nitrogens with one attached hydrogen (secondary N) is 1. The second-order valence-corrected chi connectivity index (χ2v) is 10.3. The Morgan fingerprint density at radius 1 is 0.914 bits per heavy atom. The van der Waals surface area contributed by atoms with Crippen LogP contribution in [0.4, 0.5) is 5.69 Å². The van der Waals surface area contributed by atoms with Gasteiger partial charge in [-0.15, -0.1) is 0 Å². The SMILES string of the molecule is Cc1cc(Cl)cc(S(=O)(=O)Nc2cccc3c(C(=O)CCc4ccc(C(=O)O)cc4)cccc23)c1. The molecule has 0 aliphatic heterocycles. The maximum atomic E-state index is 13.1. The third kappa shape index (κ3) is 5.53. The van der Waals surface area contributed by atoms with Gasteiger partial charge in [0.2, 0.25) is 0 Å². The summed E-state index contributed by atoms with van der Waals surface area (Å²) in [5.41, 5.74) is 2.62. The number of benzene rings is 4. The number of ketones is 1. The number of sulfonamides is 1. The van der Waals surface area contributed by atoms with Gasteiger partial charge in [0.1, 0.15) is 0 Å². The van der Waals surface area contributed by atoms with Gasteiger partial charge < -0.3 is 5.11 Å². The fourth-order valence-corrected chi connectivity index (χ4v) is 5.47. The summed E-state index contributed by atoms with van der Waals surface area (Å²) in [6.07, 6.45) is 0.679. The number of carboxylic acids is 1. The summed E-state index contributed by atoms with van der Waals surface area (Å²) in [4.78, 5) is 24.1. The van der Waals surface area contributed by atoms with Crippen LogP contribution in [0.3, 0.4) is 0 Å². The minimum absolute atomic E-state index is 0.0562. The van der Waals surface area contributed by atoms with E-state index in [4.69, 9.17) is 16.7 Å². The summed E-state index contributed by atoms with van der Waals surface area (Å²) in [5, 5.41) is 10.6. The Balaban J connectivity index is 1.59. The lowest BCUT2D eigenvalue weighted by Crippen LogP contribution is -2.13. The quantitative estimate of drug-likeness (QED) is 0.280. The van der Waals surface area contributed by atoms with E-state index in [0.29, 0.717) is 33.5 Å². The third-order valence-corrected chi connectivity index (χ3v) is 7.20. The van der Waals surface area contributed by atoms with E-state index in [-0.39, 0.29) is 22.7 Å². The van der Waals surface area contributed by atoms with E-state index in [0.717, 1.165) is 11.1 Å². The number of aryl methyl sites for hydroxylation is 2. The monoisotopic (exact) mass is 507 g/mol. The standard InChI is InChI=1S/C27H22ClNO5S/c1-17-14-20(28)16-21(15-17)35(33,34)29-25-7-3-4-22-23(25)5-2-6-24(22)26(30)13-10-18-8-11-19(12-9-18)27(31)32/h2-9,11-12,14-16,29H,10,13H2,1H3,(H,31,32). The predicted molar refractivity (Wildman–Crippen MR) is 137 cm³/mol. The van der Waals surface area contributed by atoms with Crippen LogP contribution >= 0.6 is 11.6 Å². The zero-order valence-electron chi connectivity index (χ0n) is 18.8. The summed E-state index contributed by atoms with van der Waals surface area (Å²) in [5.74, 6) is -1.09. The van der Waals surface area contributed by atoms with Crippen molar-refractivity contribution in [3.8, 4) is 0 Å². The van der Waals surface area contributed by atoms with Gasteiger partial charge in [0.25, 0.3) is 10.0 Å². The molecule has 0 fully saturated rings. The summed E-state index contributed by atoms with van der Waals surface area (Å²) in [7, 11) is -3.90. The number of fused-ring (bicyclic) bond motifs is 1. The fourth-order valence-electron chi connectivity index (χ4n) is 3.91. The van der Waals surface area contributed by atoms with Crippen molar-refractivity contribution in [3.05, 3.63) is 106 Å². The average Bonchev–Trinajstić information content (AvgIpc) is 2.82. The zero-order valence-corrected chi connectivity index (χ0v) is 20.4. The number of Topliss-reactive ketones (excluding diaryl/α,β-unsaturated/α-hetero) is 1. The molecule has 0 heterocycles. The predicted octanol–water partition coefficient (Wildman–Crippen LogP) is 6.12. The smallest absolute Gasteiger partial charge is 0.335 e. The topological polar surface area (TPSA) is 101 Å². The fraction of sp³-hybridized carbons (Fsp3) is 0.111. The second kappa shape index (κ2) is 9.90. The van der Waals surface area contributed by atoms with Crippen molar-refractivity contribution in [1.29, 1.82) is 0 Å². The molecule has 0 aliphatic rings. The molecule has 4 rings (SSSR count). The van der Waals surface area contributed by atoms with Gasteiger partial charge in [-0.1, -0.05) is 54.1 Å². The number of carbonyl (C=O) groups excluding carboxylic acids is 1. The molecule has 0 spiro atoms. The Bertz CT molecular complexity index is 1530. The molecule has 2 N–H and O–H groups in total. The van der Waals surface area contributed by atoms with E-state index in [1.165, 1.54) is 24.3 Å². The zero-order chi connectivity index (χ0) is 25.2. The van der Waals surface area contributed by atoms with Gasteiger partial charge in [-0.2, -0.15) is 0 Å². The van der Waals surface area contributed by atoms with Crippen molar-refractivity contribution in [2.45, 2.75) is 24.7 Å². The number of hydrogen-bond donors (Lipinski definition) is 2. The molecule has 0 atom stereocenters. The van der Waals surface area contributed by atoms with Crippen LogP contribution in [-0.2, 0) is 16.4 Å². The molecule has 4 aromatic carbocycles. The van der Waals surface area contributed by atoms with Crippen LogP contribution in [0.15, 0.2) is 83.8 Å². The Morgan fingerprint density at radius 2 is 1.60 bits per heavy atom. The Hall–Kier alpha value is -3.68. The van der Waals surface area contributed by atoms with Crippen LogP contribution in [0.1, 0.15) is 38.3 Å². The van der Waals surface area contributed by atoms with Crippen LogP contribution < -0.4 is 4.72 Å². The molecule has 178 valence electrons. The van der Waals surface area contributed by atoms with Gasteiger partial charge in [-0.25, -0.2) is 13.2 Å². The van der Waals surface area contributed by atoms with Crippen molar-refractivity contribution >= 4 is 49.8 Å². The van der Waals surface area contributed by atoms with Gasteiger partial charge in [0.05, 0.1) is 16.1 Å². The summed E-state index contributed by atoms with van der Waals surface area (Å²) < 4.78 is 28.7. The summed E-state index contributed by atoms with van der Waals surface area (Å²) in [6, 6.07) is 21.4. The lowest BCUT2D eigenvalue weighted by molar-refractivity contribution is 0.0696. The Labute approximate surface area is 208 Å². The average molecular weight is 508 g/mol. The van der Waals surface area contributed by atoms with Gasteiger partial charge in [-0.3, -0.25) is 9.52 Å². The number of anilines is 1. The molecule has 4 aromatic rings. The van der Waals surface area contributed by atoms with Gasteiger partial charge >= 0.3 is 5.97 Å². The first-order valence-corrected chi connectivity index (χ1v) is 12.7. The number of carbonyl (C=O) groups is 2. The maximum absolute atomic E-state index is 13.1. The van der Waals surface area contributed by atoms with E-state index in [9.17, 15) is 18.0 Å². The van der Waals surface area contributed by atoms with Crippen LogP contribution in [0.25, 0.3) is 10.8 Å². The first-order chi connectivity index (χ1) is 16.6. The van der Waals surface area contributed by atoms with Crippen LogP contribution in [0.5, 0.6) is 0 Å². The Morgan fingerprint density at radius 3 is 2.29 bits per heavy atom. The molecule has 0 aliphatic carbocycles. The highest BCUT2D eigenvalue weighted by atomic mass is 35.5. The number of rotatable bonds is 8. The van der Waals surface area contributed by atoms with E-state index >= 15 is 0 Å². The van der Waals surface area contributed by atoms with E-state index in [2.05, 4.69) is 4.72 Å². The molecule has 6 nitrogen and oxygen atoms in total. The molecule has 0 radical (unpaired) electrons. The molecule has 35 heavy (non-hydrogen) atoms. The molecule has 0 saturated heterocycles. The molecule has 0 bridgehead atoms.